The molecule has 1 unspecified atom stereocenters. The molecule has 3 aliphatic rings. The Bertz CT molecular complexity index is 1120. The number of piperazine rings is 1. The average Bonchev–Trinajstić information content (AvgIpc) is 2.89. The number of aromatic nitrogens is 2. The predicted octanol–water partition coefficient (Wildman–Crippen LogP) is 2.12. The van der Waals surface area contributed by atoms with E-state index >= 15 is 0 Å². The highest BCUT2D eigenvalue weighted by atomic mass is 16.6. The standard InChI is InChI=1S/C26H33N7O3/c27-11-7-20-16-32(13-14-33(20)25(34)35-17-19-5-2-1-3-6-19)23-21-8-12-29-15-22(21)30-24(31-23)36-18-26(28)9-4-10-26/h1-3,5-6,20,29H,4,7-10,12-18,28H2. The Balaban J connectivity index is 1.31. The summed E-state index contributed by atoms with van der Waals surface area (Å²) in [7, 11) is 0. The molecule has 10 heteroatoms. The molecule has 2 aliphatic heterocycles. The summed E-state index contributed by atoms with van der Waals surface area (Å²) in [5.74, 6) is 0.830. The lowest BCUT2D eigenvalue weighted by Crippen LogP contribution is -2.55. The molecule has 1 aliphatic carbocycles. The normalized spacial score (nSPS) is 20.6. The zero-order chi connectivity index (χ0) is 25.0. The number of nitrogens with zero attached hydrogens (tertiary/aromatic N) is 5. The van der Waals surface area contributed by atoms with Crippen LogP contribution in [0.5, 0.6) is 6.01 Å². The van der Waals surface area contributed by atoms with Crippen LogP contribution in [0.25, 0.3) is 0 Å². The van der Waals surface area contributed by atoms with Crippen molar-refractivity contribution < 1.29 is 14.3 Å². The van der Waals surface area contributed by atoms with Crippen LogP contribution in [0.3, 0.4) is 0 Å². The van der Waals surface area contributed by atoms with Gasteiger partial charge in [-0.15, -0.1) is 0 Å². The third-order valence-corrected chi connectivity index (χ3v) is 7.28. The van der Waals surface area contributed by atoms with Crippen molar-refractivity contribution >= 4 is 11.9 Å². The van der Waals surface area contributed by atoms with Crippen LogP contribution in [0.1, 0.15) is 42.5 Å². The number of hydrogen-bond acceptors (Lipinski definition) is 9. The molecule has 2 aromatic rings. The maximum Gasteiger partial charge on any atom is 0.410 e. The highest BCUT2D eigenvalue weighted by Crippen LogP contribution is 2.31. The van der Waals surface area contributed by atoms with Crippen molar-refractivity contribution in [3.8, 4) is 12.1 Å². The number of nitrogens with two attached hydrogens (primary N) is 1. The van der Waals surface area contributed by atoms with Crippen LogP contribution in [0.15, 0.2) is 30.3 Å². The molecule has 1 amide bonds. The zero-order valence-electron chi connectivity index (χ0n) is 20.5. The first-order valence-corrected chi connectivity index (χ1v) is 12.7. The topological polar surface area (TPSA) is 130 Å². The smallest absolute Gasteiger partial charge is 0.410 e. The second-order valence-electron chi connectivity index (χ2n) is 9.88. The number of benzene rings is 1. The van der Waals surface area contributed by atoms with Crippen LogP contribution >= 0.6 is 0 Å². The first-order chi connectivity index (χ1) is 17.5. The van der Waals surface area contributed by atoms with E-state index in [1.807, 2.05) is 30.3 Å². The van der Waals surface area contributed by atoms with Gasteiger partial charge in [-0.1, -0.05) is 30.3 Å². The fourth-order valence-electron chi connectivity index (χ4n) is 5.00. The number of rotatable bonds is 7. The minimum absolute atomic E-state index is 0.203. The van der Waals surface area contributed by atoms with E-state index in [0.717, 1.165) is 54.9 Å². The lowest BCUT2D eigenvalue weighted by molar-refractivity contribution is 0.0767. The molecule has 1 aromatic heterocycles. The zero-order valence-corrected chi connectivity index (χ0v) is 20.5. The van der Waals surface area contributed by atoms with Gasteiger partial charge in [0.25, 0.3) is 0 Å². The fourth-order valence-corrected chi connectivity index (χ4v) is 5.00. The minimum Gasteiger partial charge on any atom is -0.461 e. The molecule has 2 fully saturated rings. The van der Waals surface area contributed by atoms with Gasteiger partial charge in [-0.3, -0.25) is 0 Å². The molecule has 36 heavy (non-hydrogen) atoms. The van der Waals surface area contributed by atoms with Gasteiger partial charge in [0.2, 0.25) is 0 Å². The highest BCUT2D eigenvalue weighted by Gasteiger charge is 2.36. The number of nitrogens with one attached hydrogen (secondary N) is 1. The average molecular weight is 492 g/mol. The molecule has 1 saturated carbocycles. The van der Waals surface area contributed by atoms with Crippen LogP contribution in [-0.4, -0.2) is 65.3 Å². The van der Waals surface area contributed by atoms with Crippen LogP contribution in [0.4, 0.5) is 10.6 Å². The lowest BCUT2D eigenvalue weighted by Gasteiger charge is -2.41. The van der Waals surface area contributed by atoms with Gasteiger partial charge in [0.1, 0.15) is 19.0 Å². The second-order valence-corrected chi connectivity index (χ2v) is 9.88. The van der Waals surface area contributed by atoms with Crippen molar-refractivity contribution in [1.29, 1.82) is 5.26 Å². The Kier molecular flexibility index (Phi) is 7.20. The van der Waals surface area contributed by atoms with Crippen LogP contribution in [0, 0.1) is 11.3 Å². The number of ether oxygens (including phenoxy) is 2. The number of hydrogen-bond donors (Lipinski definition) is 2. The maximum absolute atomic E-state index is 12.9. The third-order valence-electron chi connectivity index (χ3n) is 7.28. The minimum atomic E-state index is -0.398. The van der Waals surface area contributed by atoms with Crippen LogP contribution < -0.4 is 20.7 Å². The second kappa shape index (κ2) is 10.7. The lowest BCUT2D eigenvalue weighted by atomic mass is 9.78. The van der Waals surface area contributed by atoms with Gasteiger partial charge in [-0.2, -0.15) is 15.2 Å². The number of carbonyl (C=O) groups is 1. The Hall–Kier alpha value is -3.42. The monoisotopic (exact) mass is 491 g/mol. The Morgan fingerprint density at radius 2 is 2.08 bits per heavy atom. The summed E-state index contributed by atoms with van der Waals surface area (Å²) in [5, 5.41) is 12.9. The van der Waals surface area contributed by atoms with Crippen molar-refractivity contribution in [3.63, 3.8) is 0 Å². The SMILES string of the molecule is N#CCC1CN(c2nc(OCC3(N)CCC3)nc3c2CCNC3)CCN1C(=O)OCc1ccccc1. The number of fused-ring (bicyclic) bond motifs is 1. The van der Waals surface area contributed by atoms with Gasteiger partial charge in [0.15, 0.2) is 0 Å². The summed E-state index contributed by atoms with van der Waals surface area (Å²) in [6.07, 6.45) is 3.65. The Morgan fingerprint density at radius 1 is 1.25 bits per heavy atom. The molecule has 0 bridgehead atoms. The van der Waals surface area contributed by atoms with Gasteiger partial charge in [-0.05, 0) is 37.8 Å². The van der Waals surface area contributed by atoms with Crippen molar-refractivity contribution in [2.45, 2.75) is 56.8 Å². The summed E-state index contributed by atoms with van der Waals surface area (Å²) in [6, 6.07) is 11.9. The van der Waals surface area contributed by atoms with Crippen molar-refractivity contribution in [2.24, 2.45) is 5.73 Å². The van der Waals surface area contributed by atoms with Crippen molar-refractivity contribution in [1.82, 2.24) is 20.2 Å². The molecule has 0 radical (unpaired) electrons. The van der Waals surface area contributed by atoms with E-state index in [9.17, 15) is 10.1 Å². The van der Waals surface area contributed by atoms with Gasteiger partial charge in [-0.25, -0.2) is 4.79 Å². The number of carbonyl (C=O) groups excluding carboxylic acids is 1. The van der Waals surface area contributed by atoms with Gasteiger partial charge >= 0.3 is 12.1 Å². The van der Waals surface area contributed by atoms with Crippen LogP contribution in [-0.2, 0) is 24.3 Å². The quantitative estimate of drug-likeness (QED) is 0.598. The number of amides is 1. The van der Waals surface area contributed by atoms with E-state index in [-0.39, 0.29) is 24.6 Å². The summed E-state index contributed by atoms with van der Waals surface area (Å²) in [6.45, 7) is 3.63. The summed E-state index contributed by atoms with van der Waals surface area (Å²) in [5.41, 5.74) is 9.01. The predicted molar refractivity (Wildman–Crippen MR) is 133 cm³/mol. The molecule has 1 atom stereocenters. The first kappa shape index (κ1) is 24.3. The summed E-state index contributed by atoms with van der Waals surface area (Å²) in [4.78, 5) is 26.2. The molecule has 5 rings (SSSR count). The van der Waals surface area contributed by atoms with E-state index in [4.69, 9.17) is 20.2 Å². The summed E-state index contributed by atoms with van der Waals surface area (Å²) >= 11 is 0. The largest absolute Gasteiger partial charge is 0.461 e. The van der Waals surface area contributed by atoms with E-state index in [0.29, 0.717) is 38.8 Å². The Morgan fingerprint density at radius 3 is 2.83 bits per heavy atom. The van der Waals surface area contributed by atoms with Gasteiger partial charge in [0, 0.05) is 31.7 Å². The first-order valence-electron chi connectivity index (χ1n) is 12.7. The van der Waals surface area contributed by atoms with Crippen LogP contribution in [0.2, 0.25) is 0 Å². The highest BCUT2D eigenvalue weighted by molar-refractivity contribution is 5.69. The summed E-state index contributed by atoms with van der Waals surface area (Å²) < 4.78 is 11.5. The van der Waals surface area contributed by atoms with Gasteiger partial charge in [0.05, 0.1) is 29.8 Å². The van der Waals surface area contributed by atoms with Crippen molar-refractivity contribution in [2.75, 3.05) is 37.7 Å². The Labute approximate surface area is 211 Å². The molecule has 1 aromatic carbocycles. The van der Waals surface area contributed by atoms with Gasteiger partial charge < -0.3 is 30.3 Å². The molecular formula is C26H33N7O3. The molecule has 190 valence electrons. The molecule has 0 spiro atoms. The molecular weight excluding hydrogens is 458 g/mol. The third kappa shape index (κ3) is 5.37. The van der Waals surface area contributed by atoms with E-state index < -0.39 is 6.09 Å². The fraction of sp³-hybridized carbons (Fsp3) is 0.538. The van der Waals surface area contributed by atoms with E-state index in [1.165, 1.54) is 0 Å². The van der Waals surface area contributed by atoms with Crippen molar-refractivity contribution in [3.05, 3.63) is 47.2 Å². The maximum atomic E-state index is 12.9. The number of nitriles is 1. The molecule has 3 heterocycles. The number of anilines is 1. The molecule has 3 N–H and O–H groups in total. The molecule has 1 saturated heterocycles. The van der Waals surface area contributed by atoms with E-state index in [2.05, 4.69) is 21.3 Å². The van der Waals surface area contributed by atoms with E-state index in [1.54, 1.807) is 4.90 Å². The molecule has 10 nitrogen and oxygen atoms in total.